The number of Topliss-reactive ketones (excluding diaryl/α,β-unsaturated/α-hetero) is 1. The molecule has 5 heteroatoms. The largest absolute Gasteiger partial charge is 0.356 e. The van der Waals surface area contributed by atoms with Crippen LogP contribution in [0.25, 0.3) is 0 Å². The van der Waals surface area contributed by atoms with Crippen molar-refractivity contribution >= 4 is 17.6 Å². The quantitative estimate of drug-likeness (QED) is 0.632. The molecule has 0 aromatic heterocycles. The minimum atomic E-state index is -0.409. The van der Waals surface area contributed by atoms with Crippen LogP contribution >= 0.6 is 0 Å². The third-order valence-corrected chi connectivity index (χ3v) is 3.03. The zero-order chi connectivity index (χ0) is 15.7. The summed E-state index contributed by atoms with van der Waals surface area (Å²) in [5.74, 6) is -0.178. The van der Waals surface area contributed by atoms with Crippen LogP contribution in [-0.2, 0) is 14.4 Å². The summed E-state index contributed by atoms with van der Waals surface area (Å²) in [6, 6.07) is -0.409. The molecule has 0 spiro atoms. The summed E-state index contributed by atoms with van der Waals surface area (Å²) in [4.78, 5) is 34.4. The van der Waals surface area contributed by atoms with Crippen LogP contribution in [-0.4, -0.2) is 30.2 Å². The lowest BCUT2D eigenvalue weighted by molar-refractivity contribution is -0.128. The van der Waals surface area contributed by atoms with Crippen LogP contribution in [0.4, 0.5) is 0 Å². The number of nitrogens with one attached hydrogen (secondary N) is 2. The Bertz CT molecular complexity index is 338. The SMILES string of the molecule is CC(=O)NC(CCCCNC(=O)C(C)C)C(=O)C(C)C. The molecule has 1 unspecified atom stereocenters. The van der Waals surface area contributed by atoms with E-state index in [2.05, 4.69) is 10.6 Å². The fraction of sp³-hybridized carbons (Fsp3) is 0.800. The van der Waals surface area contributed by atoms with E-state index in [4.69, 9.17) is 0 Å². The predicted octanol–water partition coefficient (Wildman–Crippen LogP) is 1.66. The van der Waals surface area contributed by atoms with Gasteiger partial charge in [-0.2, -0.15) is 0 Å². The Balaban J connectivity index is 4.06. The van der Waals surface area contributed by atoms with E-state index < -0.39 is 6.04 Å². The fourth-order valence-electron chi connectivity index (χ4n) is 1.82. The van der Waals surface area contributed by atoms with E-state index in [-0.39, 0.29) is 29.4 Å². The fourth-order valence-corrected chi connectivity index (χ4v) is 1.82. The third-order valence-electron chi connectivity index (χ3n) is 3.03. The molecule has 5 nitrogen and oxygen atoms in total. The molecular formula is C15H28N2O3. The maximum atomic E-state index is 12.0. The predicted molar refractivity (Wildman–Crippen MR) is 79.1 cm³/mol. The van der Waals surface area contributed by atoms with E-state index in [1.165, 1.54) is 6.92 Å². The highest BCUT2D eigenvalue weighted by Gasteiger charge is 2.21. The van der Waals surface area contributed by atoms with Crippen LogP contribution in [0.5, 0.6) is 0 Å². The zero-order valence-electron chi connectivity index (χ0n) is 13.3. The van der Waals surface area contributed by atoms with Crippen LogP contribution in [0.1, 0.15) is 53.9 Å². The van der Waals surface area contributed by atoms with Crippen LogP contribution in [0.2, 0.25) is 0 Å². The number of carbonyl (C=O) groups excluding carboxylic acids is 3. The van der Waals surface area contributed by atoms with Gasteiger partial charge in [0.25, 0.3) is 0 Å². The smallest absolute Gasteiger partial charge is 0.222 e. The van der Waals surface area contributed by atoms with Gasteiger partial charge in [-0.25, -0.2) is 0 Å². The second kappa shape index (κ2) is 9.50. The standard InChI is InChI=1S/C15H28N2O3/c1-10(2)14(19)13(17-12(5)18)8-6-7-9-16-15(20)11(3)4/h10-11,13H,6-9H2,1-5H3,(H,16,20)(H,17,18). The lowest BCUT2D eigenvalue weighted by Crippen LogP contribution is -2.41. The second-order valence-corrected chi connectivity index (χ2v) is 5.75. The Hall–Kier alpha value is -1.39. The zero-order valence-corrected chi connectivity index (χ0v) is 13.3. The van der Waals surface area contributed by atoms with Gasteiger partial charge >= 0.3 is 0 Å². The number of unbranched alkanes of at least 4 members (excludes halogenated alkanes) is 1. The molecule has 0 rings (SSSR count). The van der Waals surface area contributed by atoms with Crippen molar-refractivity contribution in [2.75, 3.05) is 6.54 Å². The van der Waals surface area contributed by atoms with Gasteiger partial charge in [-0.3, -0.25) is 14.4 Å². The van der Waals surface area contributed by atoms with Gasteiger partial charge in [-0.05, 0) is 19.3 Å². The van der Waals surface area contributed by atoms with Gasteiger partial charge in [0, 0.05) is 25.3 Å². The minimum absolute atomic E-state index is 0.00959. The summed E-state index contributed by atoms with van der Waals surface area (Å²) < 4.78 is 0. The molecule has 1 atom stereocenters. The molecule has 2 N–H and O–H groups in total. The Morgan fingerprint density at radius 3 is 2.00 bits per heavy atom. The number of hydrogen-bond acceptors (Lipinski definition) is 3. The van der Waals surface area contributed by atoms with Gasteiger partial charge in [-0.15, -0.1) is 0 Å². The first-order valence-corrected chi connectivity index (χ1v) is 7.34. The van der Waals surface area contributed by atoms with E-state index >= 15 is 0 Å². The van der Waals surface area contributed by atoms with Crippen molar-refractivity contribution in [2.45, 2.75) is 59.9 Å². The molecule has 0 aromatic rings. The minimum Gasteiger partial charge on any atom is -0.356 e. The first-order chi connectivity index (χ1) is 9.25. The van der Waals surface area contributed by atoms with E-state index in [1.54, 1.807) is 0 Å². The number of carbonyl (C=O) groups is 3. The third kappa shape index (κ3) is 7.92. The highest BCUT2D eigenvalue weighted by molar-refractivity contribution is 5.89. The topological polar surface area (TPSA) is 75.3 Å². The first kappa shape index (κ1) is 18.6. The molecule has 0 saturated carbocycles. The van der Waals surface area contributed by atoms with Crippen LogP contribution in [0.15, 0.2) is 0 Å². The summed E-state index contributed by atoms with van der Waals surface area (Å²) >= 11 is 0. The number of hydrogen-bond donors (Lipinski definition) is 2. The normalized spacial score (nSPS) is 12.3. The molecule has 2 amide bonds. The molecule has 0 aliphatic heterocycles. The van der Waals surface area contributed by atoms with Crippen LogP contribution < -0.4 is 10.6 Å². The summed E-state index contributed by atoms with van der Waals surface area (Å²) in [6.07, 6.45) is 2.22. The molecular weight excluding hydrogens is 256 g/mol. The van der Waals surface area contributed by atoms with Crippen LogP contribution in [0, 0.1) is 11.8 Å². The average molecular weight is 284 g/mol. The van der Waals surface area contributed by atoms with Crippen molar-refractivity contribution in [3.05, 3.63) is 0 Å². The second-order valence-electron chi connectivity index (χ2n) is 5.75. The molecule has 116 valence electrons. The summed E-state index contributed by atoms with van der Waals surface area (Å²) in [7, 11) is 0. The van der Waals surface area contributed by atoms with Crippen LogP contribution in [0.3, 0.4) is 0 Å². The van der Waals surface area contributed by atoms with Gasteiger partial charge < -0.3 is 10.6 Å². The van der Waals surface area contributed by atoms with Gasteiger partial charge in [0.05, 0.1) is 6.04 Å². The van der Waals surface area contributed by atoms with Crippen molar-refractivity contribution in [1.29, 1.82) is 0 Å². The van der Waals surface area contributed by atoms with Crippen molar-refractivity contribution in [3.8, 4) is 0 Å². The number of rotatable bonds is 9. The maximum Gasteiger partial charge on any atom is 0.222 e. The summed E-state index contributed by atoms with van der Waals surface area (Å²) in [6.45, 7) is 9.40. The van der Waals surface area contributed by atoms with Crippen molar-refractivity contribution in [3.63, 3.8) is 0 Å². The van der Waals surface area contributed by atoms with Gasteiger partial charge in [0.15, 0.2) is 5.78 Å². The number of ketones is 1. The van der Waals surface area contributed by atoms with Crippen molar-refractivity contribution in [1.82, 2.24) is 10.6 Å². The highest BCUT2D eigenvalue weighted by Crippen LogP contribution is 2.08. The van der Waals surface area contributed by atoms with E-state index in [1.807, 2.05) is 27.7 Å². The van der Waals surface area contributed by atoms with E-state index in [0.717, 1.165) is 12.8 Å². The number of amides is 2. The Morgan fingerprint density at radius 1 is 0.950 bits per heavy atom. The Labute approximate surface area is 121 Å². The van der Waals surface area contributed by atoms with Crippen molar-refractivity contribution in [2.24, 2.45) is 11.8 Å². The Morgan fingerprint density at radius 2 is 1.55 bits per heavy atom. The molecule has 0 saturated heterocycles. The average Bonchev–Trinajstić information content (AvgIpc) is 2.34. The van der Waals surface area contributed by atoms with E-state index in [9.17, 15) is 14.4 Å². The molecule has 0 fully saturated rings. The molecule has 0 bridgehead atoms. The Kier molecular flexibility index (Phi) is 8.84. The molecule has 0 radical (unpaired) electrons. The lowest BCUT2D eigenvalue weighted by atomic mass is 9.97. The summed E-state index contributed by atoms with van der Waals surface area (Å²) in [5.41, 5.74) is 0. The molecule has 0 heterocycles. The van der Waals surface area contributed by atoms with Gasteiger partial charge in [-0.1, -0.05) is 27.7 Å². The summed E-state index contributed by atoms with van der Waals surface area (Å²) in [5, 5.41) is 5.54. The van der Waals surface area contributed by atoms with Gasteiger partial charge in [0.1, 0.15) is 0 Å². The maximum absolute atomic E-state index is 12.0. The molecule has 0 aliphatic carbocycles. The lowest BCUT2D eigenvalue weighted by Gasteiger charge is -2.18. The monoisotopic (exact) mass is 284 g/mol. The molecule has 0 aromatic carbocycles. The highest BCUT2D eigenvalue weighted by atomic mass is 16.2. The van der Waals surface area contributed by atoms with E-state index in [0.29, 0.717) is 13.0 Å². The molecule has 0 aliphatic rings. The van der Waals surface area contributed by atoms with Gasteiger partial charge in [0.2, 0.25) is 11.8 Å². The van der Waals surface area contributed by atoms with Crippen molar-refractivity contribution < 1.29 is 14.4 Å². The molecule has 20 heavy (non-hydrogen) atoms. The first-order valence-electron chi connectivity index (χ1n) is 7.34.